The zero-order valence-electron chi connectivity index (χ0n) is 11.8. The molecular formula is C15H14F3N3. The first kappa shape index (κ1) is 13.0. The van der Waals surface area contributed by atoms with Crippen molar-refractivity contribution >= 4 is 11.0 Å². The maximum atomic E-state index is 13.0. The lowest BCUT2D eigenvalue weighted by Crippen LogP contribution is -2.70. The number of aromatic nitrogens is 3. The quantitative estimate of drug-likeness (QED) is 0.806. The molecular weight excluding hydrogens is 279 g/mol. The number of fused-ring (bicyclic) bond motifs is 1. The molecule has 0 aliphatic heterocycles. The van der Waals surface area contributed by atoms with E-state index in [1.165, 1.54) is 0 Å². The predicted molar refractivity (Wildman–Crippen MR) is 70.8 cm³/mol. The number of pyridine rings is 1. The van der Waals surface area contributed by atoms with Crippen molar-refractivity contribution in [2.24, 2.45) is 5.41 Å². The Balaban J connectivity index is 1.79. The summed E-state index contributed by atoms with van der Waals surface area (Å²) in [5.41, 5.74) is 1.81. The molecule has 0 spiro atoms. The van der Waals surface area contributed by atoms with Crippen LogP contribution in [0, 0.1) is 19.3 Å². The Hall–Kier alpha value is -1.72. The van der Waals surface area contributed by atoms with Crippen LogP contribution in [-0.2, 0) is 5.41 Å². The van der Waals surface area contributed by atoms with Crippen molar-refractivity contribution < 1.29 is 13.2 Å². The van der Waals surface area contributed by atoms with Crippen molar-refractivity contribution in [1.29, 1.82) is 0 Å². The van der Waals surface area contributed by atoms with Gasteiger partial charge in [0, 0.05) is 11.6 Å². The van der Waals surface area contributed by atoms with Crippen LogP contribution in [-0.4, -0.2) is 21.1 Å². The summed E-state index contributed by atoms with van der Waals surface area (Å²) in [7, 11) is 0. The minimum Gasteiger partial charge on any atom is -0.258 e. The third-order valence-electron chi connectivity index (χ3n) is 5.13. The summed E-state index contributed by atoms with van der Waals surface area (Å²) in [5, 5.41) is 0. The maximum Gasteiger partial charge on any atom is 0.394 e. The fourth-order valence-electron chi connectivity index (χ4n) is 3.88. The molecule has 3 aliphatic carbocycles. The van der Waals surface area contributed by atoms with Crippen LogP contribution in [0.5, 0.6) is 0 Å². The van der Waals surface area contributed by atoms with Crippen molar-refractivity contribution in [1.82, 2.24) is 15.0 Å². The van der Waals surface area contributed by atoms with Gasteiger partial charge in [0.1, 0.15) is 5.52 Å². The lowest BCUT2D eigenvalue weighted by atomic mass is 9.34. The Morgan fingerprint density at radius 2 is 1.67 bits per heavy atom. The van der Waals surface area contributed by atoms with Crippen LogP contribution >= 0.6 is 0 Å². The number of nitrogens with zero attached hydrogens (tertiary/aromatic N) is 3. The average Bonchev–Trinajstić information content (AvgIpc) is 2.26. The second-order valence-corrected chi connectivity index (χ2v) is 6.51. The van der Waals surface area contributed by atoms with Gasteiger partial charge < -0.3 is 0 Å². The zero-order valence-corrected chi connectivity index (χ0v) is 11.8. The number of alkyl halides is 3. The van der Waals surface area contributed by atoms with Crippen molar-refractivity contribution in [3.63, 3.8) is 0 Å². The molecule has 3 saturated carbocycles. The van der Waals surface area contributed by atoms with Crippen LogP contribution in [0.2, 0.25) is 0 Å². The summed E-state index contributed by atoms with van der Waals surface area (Å²) in [6.07, 6.45) is -2.04. The lowest BCUT2D eigenvalue weighted by molar-refractivity contribution is -0.337. The van der Waals surface area contributed by atoms with Crippen LogP contribution in [0.1, 0.15) is 36.3 Å². The van der Waals surface area contributed by atoms with E-state index in [0.29, 0.717) is 16.7 Å². The van der Waals surface area contributed by atoms with Gasteiger partial charge in [-0.15, -0.1) is 0 Å². The smallest absolute Gasteiger partial charge is 0.258 e. The van der Waals surface area contributed by atoms with Crippen LogP contribution in [0.3, 0.4) is 0 Å². The minimum absolute atomic E-state index is 0.143. The van der Waals surface area contributed by atoms with Gasteiger partial charge in [-0.3, -0.25) is 4.98 Å². The Kier molecular flexibility index (Phi) is 2.19. The second kappa shape index (κ2) is 3.54. The van der Waals surface area contributed by atoms with Gasteiger partial charge in [0.2, 0.25) is 0 Å². The molecule has 0 aromatic carbocycles. The van der Waals surface area contributed by atoms with Gasteiger partial charge in [-0.25, -0.2) is 9.97 Å². The molecule has 0 N–H and O–H groups in total. The van der Waals surface area contributed by atoms with Crippen molar-refractivity contribution in [3.8, 4) is 0 Å². The Morgan fingerprint density at radius 3 is 2.29 bits per heavy atom. The summed E-state index contributed by atoms with van der Waals surface area (Å²) in [6, 6.07) is 1.77. The van der Waals surface area contributed by atoms with Gasteiger partial charge in [-0.1, -0.05) is 0 Å². The number of aryl methyl sites for hydroxylation is 2. The summed E-state index contributed by atoms with van der Waals surface area (Å²) in [6.45, 7) is 3.74. The highest BCUT2D eigenvalue weighted by atomic mass is 19.4. The molecule has 2 bridgehead atoms. The standard InChI is InChI=1S/C15H14F3N3/c1-8-9(2)21-11-10(20-8)3-4-19-12(11)13-5-14(6-13,7-13)15(16,17)18/h3-4H,5-7H2,1-2H3. The third kappa shape index (κ3) is 1.48. The predicted octanol–water partition coefficient (Wildman–Crippen LogP) is 3.63. The van der Waals surface area contributed by atoms with Crippen LogP contribution < -0.4 is 0 Å². The molecule has 0 unspecified atom stereocenters. The van der Waals surface area contributed by atoms with E-state index in [4.69, 9.17) is 0 Å². The number of rotatable bonds is 1. The normalized spacial score (nSPS) is 30.9. The highest BCUT2D eigenvalue weighted by molar-refractivity contribution is 5.78. The first-order valence-electron chi connectivity index (χ1n) is 6.94. The molecule has 2 aromatic rings. The molecule has 3 fully saturated rings. The third-order valence-corrected chi connectivity index (χ3v) is 5.13. The SMILES string of the molecule is Cc1nc2ccnc(C34CC(C(F)(F)F)(C3)C4)c2nc1C. The van der Waals surface area contributed by atoms with Crippen LogP contribution in [0.15, 0.2) is 12.3 Å². The van der Waals surface area contributed by atoms with E-state index in [0.717, 1.165) is 11.4 Å². The van der Waals surface area contributed by atoms with E-state index in [9.17, 15) is 13.2 Å². The molecule has 110 valence electrons. The Bertz CT molecular complexity index is 747. The first-order chi connectivity index (χ1) is 9.76. The fourth-order valence-corrected chi connectivity index (χ4v) is 3.88. The molecule has 0 radical (unpaired) electrons. The summed E-state index contributed by atoms with van der Waals surface area (Å²) in [4.78, 5) is 13.3. The van der Waals surface area contributed by atoms with Gasteiger partial charge in [-0.2, -0.15) is 13.2 Å². The van der Waals surface area contributed by atoms with E-state index in [-0.39, 0.29) is 19.3 Å². The fraction of sp³-hybridized carbons (Fsp3) is 0.533. The molecule has 6 heteroatoms. The summed E-state index contributed by atoms with van der Waals surface area (Å²) in [5.74, 6) is 0. The van der Waals surface area contributed by atoms with Gasteiger partial charge in [-0.05, 0) is 39.2 Å². The lowest BCUT2D eigenvalue weighted by Gasteiger charge is -2.70. The average molecular weight is 293 g/mol. The van der Waals surface area contributed by atoms with Gasteiger partial charge in [0.05, 0.1) is 28.0 Å². The highest BCUT2D eigenvalue weighted by Gasteiger charge is 2.79. The highest BCUT2D eigenvalue weighted by Crippen LogP contribution is 2.78. The van der Waals surface area contributed by atoms with Crippen molar-refractivity contribution in [2.75, 3.05) is 0 Å². The molecule has 3 nitrogen and oxygen atoms in total. The molecule has 2 heterocycles. The van der Waals surface area contributed by atoms with Gasteiger partial charge in [0.15, 0.2) is 0 Å². The monoisotopic (exact) mass is 293 g/mol. The van der Waals surface area contributed by atoms with Crippen molar-refractivity contribution in [3.05, 3.63) is 29.3 Å². The molecule has 21 heavy (non-hydrogen) atoms. The summed E-state index contributed by atoms with van der Waals surface area (Å²) < 4.78 is 39.0. The molecule has 5 rings (SSSR count). The van der Waals surface area contributed by atoms with E-state index >= 15 is 0 Å². The van der Waals surface area contributed by atoms with E-state index in [1.807, 2.05) is 13.8 Å². The Morgan fingerprint density at radius 1 is 1.05 bits per heavy atom. The maximum absolute atomic E-state index is 13.0. The van der Waals surface area contributed by atoms with E-state index < -0.39 is 17.0 Å². The molecule has 2 aromatic heterocycles. The van der Waals surface area contributed by atoms with Gasteiger partial charge >= 0.3 is 6.18 Å². The second-order valence-electron chi connectivity index (χ2n) is 6.51. The molecule has 0 saturated heterocycles. The van der Waals surface area contributed by atoms with Crippen molar-refractivity contribution in [2.45, 2.75) is 44.7 Å². The first-order valence-corrected chi connectivity index (χ1v) is 6.94. The van der Waals surface area contributed by atoms with Gasteiger partial charge in [0.25, 0.3) is 0 Å². The topological polar surface area (TPSA) is 38.7 Å². The molecule has 0 atom stereocenters. The van der Waals surface area contributed by atoms with Crippen LogP contribution in [0.25, 0.3) is 11.0 Å². The largest absolute Gasteiger partial charge is 0.394 e. The zero-order chi connectivity index (χ0) is 15.0. The van der Waals surface area contributed by atoms with Crippen LogP contribution in [0.4, 0.5) is 13.2 Å². The molecule has 0 amide bonds. The van der Waals surface area contributed by atoms with E-state index in [2.05, 4.69) is 15.0 Å². The number of hydrogen-bond donors (Lipinski definition) is 0. The molecule has 3 aliphatic rings. The van der Waals surface area contributed by atoms with E-state index in [1.54, 1.807) is 12.3 Å². The number of halogens is 3. The minimum atomic E-state index is -4.10. The number of hydrogen-bond acceptors (Lipinski definition) is 3. The summed E-state index contributed by atoms with van der Waals surface area (Å²) >= 11 is 0. The Labute approximate surface area is 119 Å².